The minimum Gasteiger partial charge on any atom is -0.497 e. The number of rotatable bonds is 6. The molecule has 0 spiro atoms. The van der Waals surface area contributed by atoms with Gasteiger partial charge >= 0.3 is 0 Å². The Hall–Kier alpha value is -1.56. The van der Waals surface area contributed by atoms with Crippen molar-refractivity contribution in [3.05, 3.63) is 23.8 Å². The summed E-state index contributed by atoms with van der Waals surface area (Å²) in [6, 6.07) is 4.77. The Kier molecular flexibility index (Phi) is 5.16. The number of aldehydes is 1. The van der Waals surface area contributed by atoms with Crippen LogP contribution in [0.1, 0.15) is 31.1 Å². The summed E-state index contributed by atoms with van der Waals surface area (Å²) in [7, 11) is -1.74. The Morgan fingerprint density at radius 3 is 2.40 bits per heavy atom. The molecule has 1 aromatic rings. The molecule has 20 heavy (non-hydrogen) atoms. The normalized spacial score (nSPS) is 12.0. The van der Waals surface area contributed by atoms with Crippen LogP contribution in [0.5, 0.6) is 11.5 Å². The molecule has 6 heteroatoms. The van der Waals surface area contributed by atoms with Crippen molar-refractivity contribution in [2.45, 2.75) is 25.5 Å². The zero-order valence-electron chi connectivity index (χ0n) is 12.2. The minimum absolute atomic E-state index is 0.00634. The first-order valence-electron chi connectivity index (χ1n) is 6.19. The molecule has 0 atom stereocenters. The van der Waals surface area contributed by atoms with Gasteiger partial charge in [0.25, 0.3) is 0 Å². The second-order valence-electron chi connectivity index (χ2n) is 5.30. The van der Waals surface area contributed by atoms with Crippen LogP contribution in [-0.2, 0) is 9.84 Å². The van der Waals surface area contributed by atoms with Gasteiger partial charge in [-0.2, -0.15) is 0 Å². The molecule has 0 amide bonds. The van der Waals surface area contributed by atoms with E-state index >= 15 is 0 Å². The number of hydrogen-bond acceptors (Lipinski definition) is 5. The third kappa shape index (κ3) is 3.96. The van der Waals surface area contributed by atoms with Gasteiger partial charge in [-0.1, -0.05) is 0 Å². The Labute approximate surface area is 119 Å². The maximum Gasteiger partial charge on any atom is 0.158 e. The summed E-state index contributed by atoms with van der Waals surface area (Å²) in [5.74, 6) is 0.763. The minimum atomic E-state index is -3.25. The summed E-state index contributed by atoms with van der Waals surface area (Å²) in [5.41, 5.74) is 0.360. The molecule has 0 saturated carbocycles. The molecule has 5 nitrogen and oxygen atoms in total. The van der Waals surface area contributed by atoms with E-state index in [1.165, 1.54) is 7.11 Å². The second-order valence-corrected chi connectivity index (χ2v) is 8.16. The summed E-state index contributed by atoms with van der Waals surface area (Å²) in [6.45, 7) is 4.92. The van der Waals surface area contributed by atoms with Crippen LogP contribution in [0.25, 0.3) is 0 Å². The van der Waals surface area contributed by atoms with Gasteiger partial charge in [-0.3, -0.25) is 4.79 Å². The van der Waals surface area contributed by atoms with Gasteiger partial charge in [0.2, 0.25) is 0 Å². The van der Waals surface area contributed by atoms with Gasteiger partial charge in [-0.05, 0) is 32.9 Å². The molecule has 0 aliphatic rings. The molecule has 0 heterocycles. The Bertz CT molecular complexity index is 570. The van der Waals surface area contributed by atoms with Crippen LogP contribution in [0.3, 0.4) is 0 Å². The monoisotopic (exact) mass is 300 g/mol. The topological polar surface area (TPSA) is 69.7 Å². The molecule has 1 aromatic carbocycles. The third-order valence-corrected chi connectivity index (χ3v) is 5.46. The molecular formula is C14H20O5S. The van der Waals surface area contributed by atoms with Crippen LogP contribution in [0, 0.1) is 0 Å². The molecule has 0 unspecified atom stereocenters. The Balaban J connectivity index is 2.78. The van der Waals surface area contributed by atoms with Gasteiger partial charge in [0.15, 0.2) is 16.1 Å². The number of hydrogen-bond donors (Lipinski definition) is 0. The highest BCUT2D eigenvalue weighted by atomic mass is 32.2. The lowest BCUT2D eigenvalue weighted by molar-refractivity contribution is 0.112. The molecule has 0 aliphatic heterocycles. The molecule has 112 valence electrons. The molecule has 0 fully saturated rings. The maximum atomic E-state index is 11.9. The van der Waals surface area contributed by atoms with E-state index < -0.39 is 14.6 Å². The highest BCUT2D eigenvalue weighted by Crippen LogP contribution is 2.24. The predicted octanol–water partition coefficient (Wildman–Crippen LogP) is 2.10. The smallest absolute Gasteiger partial charge is 0.158 e. The van der Waals surface area contributed by atoms with E-state index in [0.29, 0.717) is 23.3 Å². The number of carbonyl (C=O) groups is 1. The van der Waals surface area contributed by atoms with Crippen LogP contribution < -0.4 is 9.47 Å². The van der Waals surface area contributed by atoms with Crippen molar-refractivity contribution in [1.82, 2.24) is 0 Å². The van der Waals surface area contributed by atoms with Crippen molar-refractivity contribution < 1.29 is 22.7 Å². The van der Waals surface area contributed by atoms with Crippen LogP contribution in [0.2, 0.25) is 0 Å². The predicted molar refractivity (Wildman–Crippen MR) is 77.4 cm³/mol. The summed E-state index contributed by atoms with van der Waals surface area (Å²) in [5, 5.41) is 0. The maximum absolute atomic E-state index is 11.9. The Morgan fingerprint density at radius 2 is 1.90 bits per heavy atom. The van der Waals surface area contributed by atoms with Crippen LogP contribution >= 0.6 is 0 Å². The number of sulfone groups is 1. The highest BCUT2D eigenvalue weighted by Gasteiger charge is 2.28. The largest absolute Gasteiger partial charge is 0.497 e. The van der Waals surface area contributed by atoms with E-state index in [1.54, 1.807) is 39.0 Å². The van der Waals surface area contributed by atoms with Crippen LogP contribution in [0.4, 0.5) is 0 Å². The SMILES string of the molecule is COc1ccc(C=O)c(OCCS(=O)(=O)C(C)(C)C)c1. The lowest BCUT2D eigenvalue weighted by Gasteiger charge is -2.19. The third-order valence-electron chi connectivity index (χ3n) is 2.89. The first-order valence-corrected chi connectivity index (χ1v) is 7.85. The van der Waals surface area contributed by atoms with Gasteiger partial charge in [0.05, 0.1) is 23.2 Å². The number of carbonyl (C=O) groups excluding carboxylic acids is 1. The van der Waals surface area contributed by atoms with Crippen molar-refractivity contribution in [2.24, 2.45) is 0 Å². The van der Waals surface area contributed by atoms with Gasteiger partial charge < -0.3 is 9.47 Å². The highest BCUT2D eigenvalue weighted by molar-refractivity contribution is 7.92. The molecule has 0 aliphatic carbocycles. The number of methoxy groups -OCH3 is 1. The summed E-state index contributed by atoms with van der Waals surface area (Å²) in [4.78, 5) is 10.9. The summed E-state index contributed by atoms with van der Waals surface area (Å²) < 4.78 is 33.5. The first-order chi connectivity index (χ1) is 9.21. The fourth-order valence-corrected chi connectivity index (χ4v) is 2.35. The van der Waals surface area contributed by atoms with E-state index in [4.69, 9.17) is 9.47 Å². The van der Waals surface area contributed by atoms with Gasteiger partial charge in [-0.25, -0.2) is 8.42 Å². The van der Waals surface area contributed by atoms with Crippen molar-refractivity contribution in [3.8, 4) is 11.5 Å². The van der Waals surface area contributed by atoms with E-state index in [9.17, 15) is 13.2 Å². The average molecular weight is 300 g/mol. The van der Waals surface area contributed by atoms with E-state index in [0.717, 1.165) is 0 Å². The lowest BCUT2D eigenvalue weighted by Crippen LogP contribution is -2.32. The molecule has 0 N–H and O–H groups in total. The van der Waals surface area contributed by atoms with Crippen molar-refractivity contribution in [3.63, 3.8) is 0 Å². The summed E-state index contributed by atoms with van der Waals surface area (Å²) >= 11 is 0. The van der Waals surface area contributed by atoms with Crippen molar-refractivity contribution in [1.29, 1.82) is 0 Å². The van der Waals surface area contributed by atoms with Crippen molar-refractivity contribution in [2.75, 3.05) is 19.5 Å². The van der Waals surface area contributed by atoms with E-state index in [1.807, 2.05) is 0 Å². The molecule has 1 rings (SSSR count). The molecule has 0 bridgehead atoms. The molecule has 0 saturated heterocycles. The van der Waals surface area contributed by atoms with E-state index in [-0.39, 0.29) is 12.4 Å². The zero-order valence-corrected chi connectivity index (χ0v) is 13.0. The molecule has 0 radical (unpaired) electrons. The lowest BCUT2D eigenvalue weighted by atomic mass is 10.2. The first kappa shape index (κ1) is 16.5. The van der Waals surface area contributed by atoms with Gasteiger partial charge in [0.1, 0.15) is 18.1 Å². The second kappa shape index (κ2) is 6.26. The summed E-state index contributed by atoms with van der Waals surface area (Å²) in [6.07, 6.45) is 0.660. The molecular weight excluding hydrogens is 280 g/mol. The van der Waals surface area contributed by atoms with Crippen molar-refractivity contribution >= 4 is 16.1 Å². The standard InChI is InChI=1S/C14H20O5S/c1-14(2,3)20(16,17)8-7-19-13-9-12(18-4)6-5-11(13)10-15/h5-6,9-10H,7-8H2,1-4H3. The van der Waals surface area contributed by atoms with Gasteiger partial charge in [0, 0.05) is 6.07 Å². The fourth-order valence-electron chi connectivity index (χ4n) is 1.43. The van der Waals surface area contributed by atoms with Crippen LogP contribution in [0.15, 0.2) is 18.2 Å². The number of ether oxygens (including phenoxy) is 2. The number of benzene rings is 1. The van der Waals surface area contributed by atoms with Gasteiger partial charge in [-0.15, -0.1) is 0 Å². The molecule has 0 aromatic heterocycles. The van der Waals surface area contributed by atoms with Crippen LogP contribution in [-0.4, -0.2) is 38.9 Å². The van der Waals surface area contributed by atoms with E-state index in [2.05, 4.69) is 0 Å². The average Bonchev–Trinajstić information content (AvgIpc) is 2.37. The Morgan fingerprint density at radius 1 is 1.25 bits per heavy atom. The fraction of sp³-hybridized carbons (Fsp3) is 0.500. The zero-order chi connectivity index (χ0) is 15.4. The quantitative estimate of drug-likeness (QED) is 0.752.